The smallest absolute Gasteiger partial charge is 0.247 e. The van der Waals surface area contributed by atoms with Crippen LogP contribution in [0.25, 0.3) is 0 Å². The Labute approximate surface area is 139 Å². The van der Waals surface area contributed by atoms with Crippen LogP contribution in [0.3, 0.4) is 0 Å². The number of ether oxygens (including phenoxy) is 1. The molecule has 1 N–H and O–H groups in total. The molecule has 24 heavy (non-hydrogen) atoms. The summed E-state index contributed by atoms with van der Waals surface area (Å²) in [7, 11) is 0. The van der Waals surface area contributed by atoms with Crippen molar-refractivity contribution in [1.82, 2.24) is 19.1 Å². The highest BCUT2D eigenvalue weighted by Gasteiger charge is 2.16. The van der Waals surface area contributed by atoms with Crippen molar-refractivity contribution in [2.24, 2.45) is 0 Å². The van der Waals surface area contributed by atoms with E-state index in [2.05, 4.69) is 15.3 Å². The van der Waals surface area contributed by atoms with Crippen molar-refractivity contribution in [2.75, 3.05) is 11.9 Å². The second-order valence-electron chi connectivity index (χ2n) is 5.32. The topological polar surface area (TPSA) is 74.0 Å². The van der Waals surface area contributed by atoms with Crippen LogP contribution in [0.4, 0.5) is 5.69 Å². The van der Waals surface area contributed by atoms with Crippen LogP contribution in [-0.4, -0.2) is 31.6 Å². The fourth-order valence-corrected chi connectivity index (χ4v) is 2.25. The van der Waals surface area contributed by atoms with Gasteiger partial charge in [0.05, 0.1) is 24.9 Å². The van der Waals surface area contributed by atoms with Gasteiger partial charge in [-0.05, 0) is 19.1 Å². The highest BCUT2D eigenvalue weighted by Crippen LogP contribution is 2.24. The van der Waals surface area contributed by atoms with E-state index >= 15 is 0 Å². The van der Waals surface area contributed by atoms with Crippen LogP contribution in [0.5, 0.6) is 5.75 Å². The maximum absolute atomic E-state index is 12.4. The summed E-state index contributed by atoms with van der Waals surface area (Å²) in [6.45, 7) is 2.99. The highest BCUT2D eigenvalue weighted by molar-refractivity contribution is 5.94. The summed E-state index contributed by atoms with van der Waals surface area (Å²) in [5.41, 5.74) is 0.653. The molecule has 124 valence electrons. The highest BCUT2D eigenvalue weighted by atomic mass is 16.5. The molecule has 0 aliphatic rings. The van der Waals surface area contributed by atoms with Crippen molar-refractivity contribution in [1.29, 1.82) is 0 Å². The number of imidazole rings is 2. The van der Waals surface area contributed by atoms with Gasteiger partial charge in [-0.3, -0.25) is 4.79 Å². The van der Waals surface area contributed by atoms with Crippen LogP contribution in [0, 0.1) is 0 Å². The molecule has 0 unspecified atom stereocenters. The van der Waals surface area contributed by atoms with Gasteiger partial charge in [0.1, 0.15) is 18.4 Å². The number of aromatic nitrogens is 4. The molecule has 1 amide bonds. The van der Waals surface area contributed by atoms with Crippen LogP contribution >= 0.6 is 0 Å². The van der Waals surface area contributed by atoms with Crippen LogP contribution in [0.1, 0.15) is 13.0 Å². The van der Waals surface area contributed by atoms with E-state index in [1.54, 1.807) is 35.8 Å². The molecule has 7 nitrogen and oxygen atoms in total. The fraction of sp³-hybridized carbons (Fsp3) is 0.235. The van der Waals surface area contributed by atoms with Crippen molar-refractivity contribution in [3.63, 3.8) is 0 Å². The summed E-state index contributed by atoms with van der Waals surface area (Å²) in [6, 6.07) is 7.05. The third-order valence-electron chi connectivity index (χ3n) is 3.66. The maximum Gasteiger partial charge on any atom is 0.247 e. The van der Waals surface area contributed by atoms with E-state index in [-0.39, 0.29) is 11.9 Å². The van der Waals surface area contributed by atoms with Gasteiger partial charge in [0.25, 0.3) is 0 Å². The summed E-state index contributed by atoms with van der Waals surface area (Å²) in [5, 5.41) is 2.91. The minimum absolute atomic E-state index is 0.126. The van der Waals surface area contributed by atoms with Crippen LogP contribution in [0.15, 0.2) is 61.7 Å². The lowest BCUT2D eigenvalue weighted by Gasteiger charge is -2.16. The Hall–Kier alpha value is -3.09. The molecule has 2 aromatic heterocycles. The van der Waals surface area contributed by atoms with Crippen molar-refractivity contribution in [2.45, 2.75) is 19.5 Å². The first kappa shape index (κ1) is 15.8. The van der Waals surface area contributed by atoms with Crippen LogP contribution < -0.4 is 10.1 Å². The zero-order valence-corrected chi connectivity index (χ0v) is 13.4. The van der Waals surface area contributed by atoms with E-state index < -0.39 is 0 Å². The van der Waals surface area contributed by atoms with Gasteiger partial charge in [0.2, 0.25) is 5.91 Å². The molecule has 0 saturated heterocycles. The Balaban J connectivity index is 1.62. The second-order valence-corrected chi connectivity index (χ2v) is 5.32. The number of hydrogen-bond acceptors (Lipinski definition) is 4. The van der Waals surface area contributed by atoms with E-state index in [0.717, 1.165) is 0 Å². The Kier molecular flexibility index (Phi) is 4.90. The summed E-state index contributed by atoms with van der Waals surface area (Å²) >= 11 is 0. The van der Waals surface area contributed by atoms with Gasteiger partial charge in [0, 0.05) is 24.8 Å². The molecule has 3 aromatic rings. The molecule has 0 fully saturated rings. The molecule has 0 aliphatic heterocycles. The molecule has 0 bridgehead atoms. The molecule has 2 heterocycles. The summed E-state index contributed by atoms with van der Waals surface area (Å²) in [4.78, 5) is 20.4. The number of benzene rings is 1. The average molecular weight is 325 g/mol. The van der Waals surface area contributed by atoms with Crippen molar-refractivity contribution >= 4 is 11.6 Å². The Morgan fingerprint density at radius 2 is 2.00 bits per heavy atom. The van der Waals surface area contributed by atoms with Gasteiger partial charge in [-0.1, -0.05) is 12.1 Å². The minimum atomic E-state index is -0.355. The van der Waals surface area contributed by atoms with Crippen LogP contribution in [-0.2, 0) is 11.3 Å². The molecular weight excluding hydrogens is 306 g/mol. The monoisotopic (exact) mass is 325 g/mol. The number of amides is 1. The first-order valence-electron chi connectivity index (χ1n) is 7.70. The molecule has 7 heteroatoms. The maximum atomic E-state index is 12.4. The van der Waals surface area contributed by atoms with Gasteiger partial charge < -0.3 is 19.2 Å². The zero-order valence-electron chi connectivity index (χ0n) is 13.4. The summed E-state index contributed by atoms with van der Waals surface area (Å²) in [6.07, 6.45) is 10.4. The number of nitrogens with zero attached hydrogens (tertiary/aromatic N) is 4. The molecule has 3 rings (SSSR count). The molecule has 1 aromatic carbocycles. The third kappa shape index (κ3) is 3.81. The summed E-state index contributed by atoms with van der Waals surface area (Å²) in [5.74, 6) is 0.516. The predicted octanol–water partition coefficient (Wildman–Crippen LogP) is 2.36. The number of nitrogens with one attached hydrogen (secondary N) is 1. The largest absolute Gasteiger partial charge is 0.490 e. The van der Waals surface area contributed by atoms with E-state index in [1.807, 2.05) is 42.0 Å². The first-order chi connectivity index (χ1) is 11.7. The van der Waals surface area contributed by atoms with Gasteiger partial charge in [-0.25, -0.2) is 9.97 Å². The number of rotatable bonds is 7. The zero-order chi connectivity index (χ0) is 16.8. The van der Waals surface area contributed by atoms with E-state index in [9.17, 15) is 4.79 Å². The quantitative estimate of drug-likeness (QED) is 0.724. The van der Waals surface area contributed by atoms with Crippen LogP contribution in [0.2, 0.25) is 0 Å². The molecule has 0 spiro atoms. The normalized spacial score (nSPS) is 11.9. The van der Waals surface area contributed by atoms with Crippen molar-refractivity contribution in [3.05, 3.63) is 61.7 Å². The predicted molar refractivity (Wildman–Crippen MR) is 89.7 cm³/mol. The van der Waals surface area contributed by atoms with E-state index in [0.29, 0.717) is 24.6 Å². The average Bonchev–Trinajstić information content (AvgIpc) is 3.29. The van der Waals surface area contributed by atoms with Crippen molar-refractivity contribution in [3.8, 4) is 5.75 Å². The van der Waals surface area contributed by atoms with Gasteiger partial charge in [-0.15, -0.1) is 0 Å². The number of anilines is 1. The number of hydrogen-bond donors (Lipinski definition) is 1. The minimum Gasteiger partial charge on any atom is -0.490 e. The molecule has 0 aliphatic carbocycles. The number of para-hydroxylation sites is 2. The van der Waals surface area contributed by atoms with Gasteiger partial charge in [0.15, 0.2) is 0 Å². The SMILES string of the molecule is C[C@@H](C(=O)Nc1ccccc1OCCn1ccnc1)n1ccnc1. The Bertz CT molecular complexity index is 768. The molecular formula is C17H19N5O2. The van der Waals surface area contributed by atoms with Gasteiger partial charge in [-0.2, -0.15) is 0 Å². The lowest BCUT2D eigenvalue weighted by Crippen LogP contribution is -2.23. The lowest BCUT2D eigenvalue weighted by atomic mass is 10.2. The molecule has 0 radical (unpaired) electrons. The second kappa shape index (κ2) is 7.45. The Morgan fingerprint density at radius 3 is 2.75 bits per heavy atom. The van der Waals surface area contributed by atoms with Crippen molar-refractivity contribution < 1.29 is 9.53 Å². The van der Waals surface area contributed by atoms with E-state index in [1.165, 1.54) is 0 Å². The Morgan fingerprint density at radius 1 is 1.21 bits per heavy atom. The molecule has 0 saturated carbocycles. The third-order valence-corrected chi connectivity index (χ3v) is 3.66. The lowest BCUT2D eigenvalue weighted by molar-refractivity contribution is -0.118. The first-order valence-corrected chi connectivity index (χ1v) is 7.70. The number of carbonyl (C=O) groups is 1. The number of carbonyl (C=O) groups excluding carboxylic acids is 1. The molecule has 1 atom stereocenters. The van der Waals surface area contributed by atoms with E-state index in [4.69, 9.17) is 4.74 Å². The van der Waals surface area contributed by atoms with Gasteiger partial charge >= 0.3 is 0 Å². The summed E-state index contributed by atoms with van der Waals surface area (Å²) < 4.78 is 9.48. The fourth-order valence-electron chi connectivity index (χ4n) is 2.25. The standard InChI is InChI=1S/C17H19N5O2/c1-14(22-9-7-19-13-22)17(23)20-15-4-2-3-5-16(15)24-11-10-21-8-6-18-12-21/h2-9,12-14H,10-11H2,1H3,(H,20,23)/t14-/m0/s1.